The van der Waals surface area contributed by atoms with Gasteiger partial charge in [-0.25, -0.2) is 0 Å². The van der Waals surface area contributed by atoms with Crippen LogP contribution in [-0.2, 0) is 16.8 Å². The summed E-state index contributed by atoms with van der Waals surface area (Å²) in [5.74, 6) is 1.45. The second-order valence-corrected chi connectivity index (χ2v) is 5.15. The molecule has 1 N–H and O–H groups in total. The number of nitrogens with one attached hydrogen (secondary N) is 1. The first kappa shape index (κ1) is 13.5. The van der Waals surface area contributed by atoms with Crippen LogP contribution in [0, 0.1) is 0 Å². The summed E-state index contributed by atoms with van der Waals surface area (Å²) in [6.45, 7) is 2.14. The van der Waals surface area contributed by atoms with Crippen LogP contribution in [-0.4, -0.2) is 30.3 Å². The molecule has 1 aromatic heterocycles. The van der Waals surface area contributed by atoms with Crippen LogP contribution in [0.5, 0.6) is 0 Å². The van der Waals surface area contributed by atoms with Gasteiger partial charge in [-0.05, 0) is 46.1 Å². The molecule has 1 saturated carbocycles. The largest absolute Gasteiger partial charge is 0.370 e. The number of rotatable bonds is 6. The maximum atomic E-state index is 5.65. The zero-order chi connectivity index (χ0) is 13.0. The topological polar surface area (TPSA) is 60.2 Å². The van der Waals surface area contributed by atoms with Crippen molar-refractivity contribution >= 4 is 0 Å². The van der Waals surface area contributed by atoms with Gasteiger partial charge in [0.1, 0.15) is 5.60 Å². The highest BCUT2D eigenvalue weighted by atomic mass is 16.5. The van der Waals surface area contributed by atoms with Crippen LogP contribution in [0.4, 0.5) is 0 Å². The summed E-state index contributed by atoms with van der Waals surface area (Å²) in [7, 11) is 3.70. The molecule has 0 saturated heterocycles. The highest BCUT2D eigenvalue weighted by Gasteiger charge is 2.40. The molecule has 1 aliphatic carbocycles. The van der Waals surface area contributed by atoms with Gasteiger partial charge in [0.05, 0.1) is 0 Å². The Hall–Kier alpha value is -0.940. The molecule has 0 spiro atoms. The van der Waals surface area contributed by atoms with E-state index in [9.17, 15) is 0 Å². The van der Waals surface area contributed by atoms with Gasteiger partial charge in [-0.15, -0.1) is 0 Å². The van der Waals surface area contributed by atoms with E-state index in [1.807, 2.05) is 7.05 Å². The number of aryl methyl sites for hydroxylation is 1. The fourth-order valence-electron chi connectivity index (χ4n) is 2.49. The van der Waals surface area contributed by atoms with Crippen LogP contribution in [0.15, 0.2) is 4.52 Å². The second kappa shape index (κ2) is 5.80. The quantitative estimate of drug-likeness (QED) is 0.840. The monoisotopic (exact) mass is 253 g/mol. The molecule has 0 aromatic carbocycles. The van der Waals surface area contributed by atoms with Crippen molar-refractivity contribution in [1.29, 1.82) is 0 Å². The molecule has 1 aromatic rings. The lowest BCUT2D eigenvalue weighted by Gasteiger charge is -2.22. The van der Waals surface area contributed by atoms with E-state index in [1.54, 1.807) is 7.11 Å². The maximum absolute atomic E-state index is 5.65. The number of nitrogens with zero attached hydrogens (tertiary/aromatic N) is 2. The van der Waals surface area contributed by atoms with E-state index in [4.69, 9.17) is 9.26 Å². The Morgan fingerprint density at radius 3 is 2.78 bits per heavy atom. The van der Waals surface area contributed by atoms with Crippen molar-refractivity contribution in [3.8, 4) is 0 Å². The first-order valence-electron chi connectivity index (χ1n) is 6.75. The van der Waals surface area contributed by atoms with E-state index < -0.39 is 0 Å². The van der Waals surface area contributed by atoms with Crippen molar-refractivity contribution in [2.75, 3.05) is 14.2 Å². The summed E-state index contributed by atoms with van der Waals surface area (Å²) >= 11 is 0. The third kappa shape index (κ3) is 2.72. The molecule has 2 rings (SSSR count). The first-order chi connectivity index (χ1) is 8.70. The fraction of sp³-hybridized carbons (Fsp3) is 0.846. The molecular weight excluding hydrogens is 230 g/mol. The standard InChI is InChI=1S/C13H23N3O2/c1-10(14-2)6-7-11-15-12(16-18-11)13(17-3)8-4-5-9-13/h10,14H,4-9H2,1-3H3. The van der Waals surface area contributed by atoms with Crippen LogP contribution >= 0.6 is 0 Å². The average Bonchev–Trinajstić information content (AvgIpc) is 3.05. The minimum atomic E-state index is -0.295. The molecule has 1 aliphatic rings. The van der Waals surface area contributed by atoms with Crippen LogP contribution in [0.1, 0.15) is 50.7 Å². The maximum Gasteiger partial charge on any atom is 0.226 e. The zero-order valence-electron chi connectivity index (χ0n) is 11.5. The van der Waals surface area contributed by atoms with Gasteiger partial charge in [0, 0.05) is 19.6 Å². The van der Waals surface area contributed by atoms with Gasteiger partial charge in [0.2, 0.25) is 11.7 Å². The second-order valence-electron chi connectivity index (χ2n) is 5.15. The molecular formula is C13H23N3O2. The van der Waals surface area contributed by atoms with Crippen molar-refractivity contribution in [2.24, 2.45) is 0 Å². The Morgan fingerprint density at radius 1 is 1.44 bits per heavy atom. The molecule has 1 unspecified atom stereocenters. The highest BCUT2D eigenvalue weighted by molar-refractivity contribution is 5.04. The van der Waals surface area contributed by atoms with E-state index >= 15 is 0 Å². The van der Waals surface area contributed by atoms with Crippen molar-refractivity contribution in [2.45, 2.75) is 57.1 Å². The van der Waals surface area contributed by atoms with Crippen molar-refractivity contribution in [3.63, 3.8) is 0 Å². The highest BCUT2D eigenvalue weighted by Crippen LogP contribution is 2.40. The zero-order valence-corrected chi connectivity index (χ0v) is 11.5. The van der Waals surface area contributed by atoms with Crippen LogP contribution in [0.2, 0.25) is 0 Å². The molecule has 0 radical (unpaired) electrons. The summed E-state index contributed by atoms with van der Waals surface area (Å²) in [5, 5.41) is 7.31. The molecule has 1 fully saturated rings. The summed E-state index contributed by atoms with van der Waals surface area (Å²) in [5.41, 5.74) is -0.295. The minimum absolute atomic E-state index is 0.295. The summed E-state index contributed by atoms with van der Waals surface area (Å²) < 4.78 is 11.0. The van der Waals surface area contributed by atoms with Gasteiger partial charge >= 0.3 is 0 Å². The molecule has 0 bridgehead atoms. The van der Waals surface area contributed by atoms with Crippen LogP contribution < -0.4 is 5.32 Å². The Balaban J connectivity index is 2.01. The van der Waals surface area contributed by atoms with Gasteiger partial charge in [-0.2, -0.15) is 4.98 Å². The Labute approximate surface area is 108 Å². The van der Waals surface area contributed by atoms with Gasteiger partial charge < -0.3 is 14.6 Å². The Bertz CT molecular complexity index is 372. The summed E-state index contributed by atoms with van der Waals surface area (Å²) in [6, 6.07) is 0.461. The minimum Gasteiger partial charge on any atom is -0.370 e. The van der Waals surface area contributed by atoms with Gasteiger partial charge in [-0.1, -0.05) is 5.16 Å². The lowest BCUT2D eigenvalue weighted by Crippen LogP contribution is -2.26. The van der Waals surface area contributed by atoms with E-state index in [0.717, 1.165) is 37.4 Å². The van der Waals surface area contributed by atoms with Crippen molar-refractivity contribution in [3.05, 3.63) is 11.7 Å². The van der Waals surface area contributed by atoms with Gasteiger partial charge in [-0.3, -0.25) is 0 Å². The number of ether oxygens (including phenoxy) is 1. The lowest BCUT2D eigenvalue weighted by molar-refractivity contribution is -0.0178. The fourth-order valence-corrected chi connectivity index (χ4v) is 2.49. The normalized spacial score (nSPS) is 20.2. The average molecular weight is 253 g/mol. The molecule has 0 aliphatic heterocycles. The number of hydrogen-bond donors (Lipinski definition) is 1. The SMILES string of the molecule is CNC(C)CCc1nc(C2(OC)CCCC2)no1. The third-order valence-corrected chi connectivity index (χ3v) is 3.96. The Kier molecular flexibility index (Phi) is 4.35. The molecule has 102 valence electrons. The molecule has 1 heterocycles. The number of methoxy groups -OCH3 is 1. The van der Waals surface area contributed by atoms with E-state index in [-0.39, 0.29) is 5.60 Å². The first-order valence-corrected chi connectivity index (χ1v) is 6.75. The van der Waals surface area contributed by atoms with Crippen LogP contribution in [0.3, 0.4) is 0 Å². The number of aromatic nitrogens is 2. The van der Waals surface area contributed by atoms with Gasteiger partial charge in [0.15, 0.2) is 0 Å². The van der Waals surface area contributed by atoms with Crippen LogP contribution in [0.25, 0.3) is 0 Å². The van der Waals surface area contributed by atoms with E-state index in [2.05, 4.69) is 22.4 Å². The molecule has 0 amide bonds. The van der Waals surface area contributed by atoms with Crippen molar-refractivity contribution < 1.29 is 9.26 Å². The third-order valence-electron chi connectivity index (χ3n) is 3.96. The predicted molar refractivity (Wildman–Crippen MR) is 68.3 cm³/mol. The molecule has 5 nitrogen and oxygen atoms in total. The molecule has 1 atom stereocenters. The summed E-state index contributed by atoms with van der Waals surface area (Å²) in [6.07, 6.45) is 6.15. The van der Waals surface area contributed by atoms with E-state index in [0.29, 0.717) is 6.04 Å². The van der Waals surface area contributed by atoms with E-state index in [1.165, 1.54) is 12.8 Å². The molecule has 18 heavy (non-hydrogen) atoms. The lowest BCUT2D eigenvalue weighted by atomic mass is 10.0. The predicted octanol–water partition coefficient (Wildman–Crippen LogP) is 2.03. The van der Waals surface area contributed by atoms with Gasteiger partial charge in [0.25, 0.3) is 0 Å². The molecule has 5 heteroatoms. The number of hydrogen-bond acceptors (Lipinski definition) is 5. The van der Waals surface area contributed by atoms with Crippen molar-refractivity contribution in [1.82, 2.24) is 15.5 Å². The Morgan fingerprint density at radius 2 is 2.17 bits per heavy atom. The smallest absolute Gasteiger partial charge is 0.226 e. The summed E-state index contributed by atoms with van der Waals surface area (Å²) in [4.78, 5) is 4.51.